The summed E-state index contributed by atoms with van der Waals surface area (Å²) in [6.45, 7) is 6.10. The summed E-state index contributed by atoms with van der Waals surface area (Å²) in [6, 6.07) is 7.07. The van der Waals surface area contributed by atoms with Gasteiger partial charge in [-0.25, -0.2) is 4.79 Å². The highest BCUT2D eigenvalue weighted by Crippen LogP contribution is 2.29. The van der Waals surface area contributed by atoms with Crippen LogP contribution < -0.4 is 0 Å². The smallest absolute Gasteiger partial charge is 0.336 e. The molecule has 0 radical (unpaired) electrons. The van der Waals surface area contributed by atoms with E-state index in [0.717, 1.165) is 24.8 Å². The van der Waals surface area contributed by atoms with Gasteiger partial charge < -0.3 is 5.11 Å². The molecule has 1 N–H and O–H groups in total. The van der Waals surface area contributed by atoms with Crippen LogP contribution in [0, 0.1) is 5.92 Å². The van der Waals surface area contributed by atoms with Gasteiger partial charge in [0, 0.05) is 0 Å². The van der Waals surface area contributed by atoms with Crippen LogP contribution in [0.5, 0.6) is 0 Å². The van der Waals surface area contributed by atoms with E-state index < -0.39 is 5.97 Å². The Balaban J connectivity index is 2.11. The van der Waals surface area contributed by atoms with Crippen LogP contribution in [-0.2, 0) is 0 Å². The van der Waals surface area contributed by atoms with Crippen molar-refractivity contribution in [2.75, 3.05) is 0 Å². The largest absolute Gasteiger partial charge is 0.478 e. The van der Waals surface area contributed by atoms with Crippen molar-refractivity contribution >= 4 is 12.0 Å². The van der Waals surface area contributed by atoms with Crippen molar-refractivity contribution in [1.82, 2.24) is 0 Å². The Morgan fingerprint density at radius 3 is 2.70 bits per heavy atom. The topological polar surface area (TPSA) is 37.3 Å². The average molecular weight is 268 g/mol. The van der Waals surface area contributed by atoms with Gasteiger partial charge in [0.05, 0.1) is 5.56 Å². The van der Waals surface area contributed by atoms with Gasteiger partial charge in [-0.15, -0.1) is 0 Å². The summed E-state index contributed by atoms with van der Waals surface area (Å²) in [5.41, 5.74) is 3.63. The van der Waals surface area contributed by atoms with Gasteiger partial charge in [-0.3, -0.25) is 0 Å². The molecule has 1 aliphatic carbocycles. The van der Waals surface area contributed by atoms with E-state index in [1.54, 1.807) is 12.1 Å². The minimum atomic E-state index is -0.884. The Morgan fingerprint density at radius 2 is 2.10 bits per heavy atom. The van der Waals surface area contributed by atoms with Gasteiger partial charge >= 0.3 is 5.97 Å². The van der Waals surface area contributed by atoms with Gasteiger partial charge in [0.25, 0.3) is 0 Å². The lowest BCUT2D eigenvalue weighted by Gasteiger charge is -2.20. The van der Waals surface area contributed by atoms with E-state index in [2.05, 4.69) is 19.6 Å². The molecule has 0 fully saturated rings. The van der Waals surface area contributed by atoms with Crippen molar-refractivity contribution in [2.45, 2.75) is 26.2 Å². The van der Waals surface area contributed by atoms with Crippen molar-refractivity contribution in [3.63, 3.8) is 0 Å². The van der Waals surface area contributed by atoms with E-state index in [4.69, 9.17) is 5.11 Å². The third-order valence-electron chi connectivity index (χ3n) is 3.81. The van der Waals surface area contributed by atoms with Gasteiger partial charge in [-0.05, 0) is 43.7 Å². The Morgan fingerprint density at radius 1 is 1.35 bits per heavy atom. The minimum Gasteiger partial charge on any atom is -0.478 e. The Hall–Kier alpha value is -2.09. The molecular weight excluding hydrogens is 248 g/mol. The monoisotopic (exact) mass is 268 g/mol. The number of hydrogen-bond acceptors (Lipinski definition) is 1. The summed E-state index contributed by atoms with van der Waals surface area (Å²) >= 11 is 0. The average Bonchev–Trinajstić information content (AvgIpc) is 2.45. The number of carboxylic acid groups (broad SMARTS) is 1. The highest BCUT2D eigenvalue weighted by atomic mass is 16.4. The van der Waals surface area contributed by atoms with Crippen LogP contribution >= 0.6 is 0 Å². The van der Waals surface area contributed by atoms with Crippen LogP contribution in [0.3, 0.4) is 0 Å². The molecule has 2 rings (SSSR count). The molecule has 0 bridgehead atoms. The number of carbonyl (C=O) groups is 1. The Bertz CT molecular complexity index is 579. The molecule has 0 aliphatic heterocycles. The molecule has 2 heteroatoms. The summed E-state index contributed by atoms with van der Waals surface area (Å²) in [7, 11) is 0. The van der Waals surface area contributed by atoms with E-state index in [0.29, 0.717) is 11.5 Å². The maximum absolute atomic E-state index is 11.1. The first-order chi connectivity index (χ1) is 9.58. The number of carboxylic acids is 1. The summed E-state index contributed by atoms with van der Waals surface area (Å²) in [5, 5.41) is 9.14. The van der Waals surface area contributed by atoms with Gasteiger partial charge in [-0.2, -0.15) is 0 Å². The molecule has 0 saturated carbocycles. The molecule has 20 heavy (non-hydrogen) atoms. The van der Waals surface area contributed by atoms with E-state index >= 15 is 0 Å². The van der Waals surface area contributed by atoms with Crippen LogP contribution in [0.4, 0.5) is 0 Å². The van der Waals surface area contributed by atoms with Crippen molar-refractivity contribution in [3.05, 3.63) is 65.3 Å². The number of allylic oxidation sites excluding steroid dienone is 4. The predicted molar refractivity (Wildman–Crippen MR) is 82.7 cm³/mol. The molecule has 0 saturated heterocycles. The number of rotatable bonds is 4. The summed E-state index contributed by atoms with van der Waals surface area (Å²) in [6.07, 6.45) is 9.38. The summed E-state index contributed by atoms with van der Waals surface area (Å²) in [4.78, 5) is 11.1. The minimum absolute atomic E-state index is 0.347. The van der Waals surface area contributed by atoms with E-state index in [1.165, 1.54) is 11.1 Å². The van der Waals surface area contributed by atoms with Crippen LogP contribution in [0.1, 0.15) is 42.1 Å². The van der Waals surface area contributed by atoms with Gasteiger partial charge in [-0.1, -0.05) is 54.2 Å². The zero-order valence-electron chi connectivity index (χ0n) is 11.8. The van der Waals surface area contributed by atoms with Gasteiger partial charge in [0.2, 0.25) is 0 Å². The maximum atomic E-state index is 11.1. The number of benzene rings is 1. The first-order valence-electron chi connectivity index (χ1n) is 6.92. The fourth-order valence-electron chi connectivity index (χ4n) is 2.49. The molecule has 1 atom stereocenters. The molecule has 1 aromatic carbocycles. The van der Waals surface area contributed by atoms with E-state index in [1.807, 2.05) is 24.3 Å². The standard InChI is InChI=1S/C18H20O2/c1-13(2)15-10-7-14(8-11-15)9-12-16-5-3-4-6-17(16)18(19)20/h3-7,9,12,15H,1,8,10-11H2,2H3,(H,19,20)/b12-9+/t15-/m0/s1. The van der Waals surface area contributed by atoms with Crippen molar-refractivity contribution in [2.24, 2.45) is 5.92 Å². The molecule has 104 valence electrons. The van der Waals surface area contributed by atoms with Crippen molar-refractivity contribution in [1.29, 1.82) is 0 Å². The second kappa shape index (κ2) is 6.38. The zero-order valence-corrected chi connectivity index (χ0v) is 11.8. The van der Waals surface area contributed by atoms with Gasteiger partial charge in [0.1, 0.15) is 0 Å². The molecule has 0 spiro atoms. The molecule has 1 aliphatic rings. The first kappa shape index (κ1) is 14.3. The zero-order chi connectivity index (χ0) is 14.5. The second-order valence-corrected chi connectivity index (χ2v) is 5.32. The van der Waals surface area contributed by atoms with E-state index in [9.17, 15) is 4.79 Å². The highest BCUT2D eigenvalue weighted by Gasteiger charge is 2.13. The quantitative estimate of drug-likeness (QED) is 0.803. The fourth-order valence-corrected chi connectivity index (χ4v) is 2.49. The van der Waals surface area contributed by atoms with Gasteiger partial charge in [0.15, 0.2) is 0 Å². The molecule has 0 unspecified atom stereocenters. The molecule has 0 heterocycles. The lowest BCUT2D eigenvalue weighted by molar-refractivity contribution is 0.0696. The summed E-state index contributed by atoms with van der Waals surface area (Å²) in [5.74, 6) is -0.288. The first-order valence-corrected chi connectivity index (χ1v) is 6.92. The molecule has 0 aromatic heterocycles. The third-order valence-corrected chi connectivity index (χ3v) is 3.81. The lowest BCUT2D eigenvalue weighted by atomic mass is 9.85. The SMILES string of the molecule is C=C(C)[C@H]1CC=C(/C=C/c2ccccc2C(=O)O)CC1. The highest BCUT2D eigenvalue weighted by molar-refractivity contribution is 5.92. The van der Waals surface area contributed by atoms with E-state index in [-0.39, 0.29) is 0 Å². The van der Waals surface area contributed by atoms with Crippen LogP contribution in [0.15, 0.2) is 54.1 Å². The fraction of sp³-hybridized carbons (Fsp3) is 0.278. The maximum Gasteiger partial charge on any atom is 0.336 e. The predicted octanol–water partition coefficient (Wildman–Crippen LogP) is 4.70. The number of aromatic carboxylic acids is 1. The Kier molecular flexibility index (Phi) is 4.57. The third kappa shape index (κ3) is 3.47. The molecule has 1 aromatic rings. The van der Waals surface area contributed by atoms with Crippen LogP contribution in [-0.4, -0.2) is 11.1 Å². The lowest BCUT2D eigenvalue weighted by Crippen LogP contribution is -2.05. The molecule has 0 amide bonds. The number of hydrogen-bond donors (Lipinski definition) is 1. The Labute approximate surface area is 120 Å². The molecular formula is C18H20O2. The van der Waals surface area contributed by atoms with Crippen LogP contribution in [0.2, 0.25) is 0 Å². The molecule has 2 nitrogen and oxygen atoms in total. The van der Waals surface area contributed by atoms with Crippen LogP contribution in [0.25, 0.3) is 6.08 Å². The normalized spacial score (nSPS) is 18.9. The summed E-state index contributed by atoms with van der Waals surface area (Å²) < 4.78 is 0. The van der Waals surface area contributed by atoms with Crippen molar-refractivity contribution in [3.8, 4) is 0 Å². The second-order valence-electron chi connectivity index (χ2n) is 5.32. The van der Waals surface area contributed by atoms with Crippen molar-refractivity contribution < 1.29 is 9.90 Å².